The van der Waals surface area contributed by atoms with Crippen LogP contribution in [0.3, 0.4) is 0 Å². The van der Waals surface area contributed by atoms with Crippen LogP contribution in [-0.2, 0) is 6.18 Å². The van der Waals surface area contributed by atoms with E-state index in [-0.39, 0.29) is 11.4 Å². The second-order valence-electron chi connectivity index (χ2n) is 5.17. The highest BCUT2D eigenvalue weighted by Gasteiger charge is 2.31. The van der Waals surface area contributed by atoms with Crippen molar-refractivity contribution in [3.8, 4) is 11.4 Å². The van der Waals surface area contributed by atoms with Crippen molar-refractivity contribution in [1.82, 2.24) is 25.1 Å². The summed E-state index contributed by atoms with van der Waals surface area (Å²) >= 11 is 8.45. The highest BCUT2D eigenvalue weighted by Crippen LogP contribution is 2.33. The quantitative estimate of drug-likeness (QED) is 0.361. The average molecular weight is 418 g/mol. The minimum atomic E-state index is -4.43. The minimum Gasteiger partial charge on any atom is -0.253 e. The summed E-state index contributed by atoms with van der Waals surface area (Å²) in [5.74, 6) is 0.173. The Hall–Kier alpha value is -1.78. The maximum Gasteiger partial charge on any atom is 0.416 e. The molecule has 1 N–H and O–H groups in total. The molecule has 3 rings (SSSR count). The molecule has 0 aliphatic carbocycles. The summed E-state index contributed by atoms with van der Waals surface area (Å²) in [6.45, 7) is 1.59. The molecule has 26 heavy (non-hydrogen) atoms. The van der Waals surface area contributed by atoms with E-state index in [9.17, 15) is 13.2 Å². The lowest BCUT2D eigenvalue weighted by Crippen LogP contribution is -2.05. The Balaban J connectivity index is 1.89. The molecule has 136 valence electrons. The number of aromatic nitrogens is 5. The van der Waals surface area contributed by atoms with Crippen LogP contribution in [0.25, 0.3) is 11.4 Å². The number of thioether (sulfide) groups is 1. The Kier molecular flexibility index (Phi) is 5.44. The van der Waals surface area contributed by atoms with E-state index in [0.717, 1.165) is 23.9 Å². The molecule has 0 aliphatic rings. The monoisotopic (exact) mass is 417 g/mol. The van der Waals surface area contributed by atoms with Gasteiger partial charge >= 0.3 is 6.18 Å². The first-order valence-electron chi connectivity index (χ1n) is 7.12. The summed E-state index contributed by atoms with van der Waals surface area (Å²) in [5.41, 5.74) is 0.0191. The molecule has 0 saturated carbocycles. The Bertz CT molecular complexity index is 945. The smallest absolute Gasteiger partial charge is 0.253 e. The molecule has 0 atom stereocenters. The van der Waals surface area contributed by atoms with Crippen LogP contribution in [0.2, 0.25) is 5.15 Å². The summed E-state index contributed by atoms with van der Waals surface area (Å²) in [6, 6.07) is 5.28. The number of benzene rings is 1. The standard InChI is InChI=1S/C15H11ClF3N5S2/c1-7-3-8(5-9(4-7)15(17,18)19)12-22-14(24-23-12)26-11-6-10(16)20-13(21-11)25-2/h3-6H,1-2H3,(H,22,23,24). The molecular weight excluding hydrogens is 407 g/mol. The maximum absolute atomic E-state index is 13.0. The van der Waals surface area contributed by atoms with Crippen LogP contribution >= 0.6 is 35.1 Å². The predicted molar refractivity (Wildman–Crippen MR) is 94.5 cm³/mol. The highest BCUT2D eigenvalue weighted by molar-refractivity contribution is 7.99. The SMILES string of the molecule is CSc1nc(Cl)cc(Sc2nc(-c3cc(C)cc(C(F)(F)F)c3)n[nH]2)n1. The van der Waals surface area contributed by atoms with Crippen LogP contribution in [0.5, 0.6) is 0 Å². The molecule has 0 saturated heterocycles. The molecule has 0 aliphatic heterocycles. The number of halogens is 4. The van der Waals surface area contributed by atoms with Crippen molar-refractivity contribution in [2.75, 3.05) is 6.26 Å². The van der Waals surface area contributed by atoms with Gasteiger partial charge in [0.15, 0.2) is 16.1 Å². The lowest BCUT2D eigenvalue weighted by atomic mass is 10.1. The van der Waals surface area contributed by atoms with Crippen LogP contribution in [0.1, 0.15) is 11.1 Å². The van der Waals surface area contributed by atoms with E-state index in [1.165, 1.54) is 11.8 Å². The predicted octanol–water partition coefficient (Wildman–Crippen LogP) is 5.12. The number of alkyl halides is 3. The van der Waals surface area contributed by atoms with Crippen LogP contribution in [0.4, 0.5) is 13.2 Å². The Morgan fingerprint density at radius 2 is 1.85 bits per heavy atom. The van der Waals surface area contributed by atoms with E-state index >= 15 is 0 Å². The fourth-order valence-corrected chi connectivity index (χ4v) is 3.58. The van der Waals surface area contributed by atoms with Gasteiger partial charge in [-0.05, 0) is 48.7 Å². The molecule has 0 unspecified atom stereocenters. The van der Waals surface area contributed by atoms with Gasteiger partial charge in [-0.2, -0.15) is 18.3 Å². The number of H-pyrrole nitrogens is 1. The first-order chi connectivity index (χ1) is 12.2. The molecule has 0 bridgehead atoms. The van der Waals surface area contributed by atoms with E-state index < -0.39 is 11.7 Å². The van der Waals surface area contributed by atoms with Gasteiger partial charge in [-0.15, -0.1) is 0 Å². The first-order valence-corrected chi connectivity index (χ1v) is 9.54. The van der Waals surface area contributed by atoms with Gasteiger partial charge in [-0.3, -0.25) is 5.10 Å². The van der Waals surface area contributed by atoms with Gasteiger partial charge in [0.2, 0.25) is 0 Å². The minimum absolute atomic E-state index is 0.173. The number of nitrogens with zero attached hydrogens (tertiary/aromatic N) is 4. The number of hydrogen-bond acceptors (Lipinski definition) is 6. The van der Waals surface area contributed by atoms with Gasteiger partial charge in [-0.1, -0.05) is 23.4 Å². The van der Waals surface area contributed by atoms with Crippen LogP contribution < -0.4 is 0 Å². The summed E-state index contributed by atoms with van der Waals surface area (Å²) in [4.78, 5) is 12.6. The van der Waals surface area contributed by atoms with E-state index in [2.05, 4.69) is 25.1 Å². The second-order valence-corrected chi connectivity index (χ2v) is 7.34. The summed E-state index contributed by atoms with van der Waals surface area (Å²) in [5, 5.41) is 8.44. The van der Waals surface area contributed by atoms with E-state index in [0.29, 0.717) is 26.1 Å². The molecule has 3 aromatic rings. The summed E-state index contributed by atoms with van der Waals surface area (Å²) in [7, 11) is 0. The average Bonchev–Trinajstić information content (AvgIpc) is 3.01. The molecule has 1 aromatic carbocycles. The van der Waals surface area contributed by atoms with Crippen LogP contribution in [-0.4, -0.2) is 31.4 Å². The fourth-order valence-electron chi connectivity index (χ4n) is 2.12. The molecule has 11 heteroatoms. The van der Waals surface area contributed by atoms with Gasteiger partial charge in [-0.25, -0.2) is 15.0 Å². The van der Waals surface area contributed by atoms with Crippen molar-refractivity contribution in [2.24, 2.45) is 0 Å². The first kappa shape index (κ1) is 19.0. The zero-order chi connectivity index (χ0) is 18.9. The van der Waals surface area contributed by atoms with Gasteiger partial charge in [0, 0.05) is 11.6 Å². The third-order valence-electron chi connectivity index (χ3n) is 3.16. The molecule has 2 heterocycles. The Morgan fingerprint density at radius 1 is 1.08 bits per heavy atom. The number of aromatic amines is 1. The topological polar surface area (TPSA) is 67.3 Å². The number of aryl methyl sites for hydroxylation is 1. The van der Waals surface area contributed by atoms with Crippen molar-refractivity contribution in [1.29, 1.82) is 0 Å². The zero-order valence-electron chi connectivity index (χ0n) is 13.4. The molecule has 0 spiro atoms. The Morgan fingerprint density at radius 3 is 2.54 bits per heavy atom. The van der Waals surface area contributed by atoms with Gasteiger partial charge in [0.25, 0.3) is 0 Å². The van der Waals surface area contributed by atoms with E-state index in [1.807, 2.05) is 6.26 Å². The van der Waals surface area contributed by atoms with Crippen molar-refractivity contribution in [3.05, 3.63) is 40.5 Å². The zero-order valence-corrected chi connectivity index (χ0v) is 15.8. The van der Waals surface area contributed by atoms with Gasteiger partial charge < -0.3 is 0 Å². The van der Waals surface area contributed by atoms with E-state index in [1.54, 1.807) is 19.1 Å². The molecule has 0 fully saturated rings. The van der Waals surface area contributed by atoms with Crippen molar-refractivity contribution in [2.45, 2.75) is 28.4 Å². The number of nitrogens with one attached hydrogen (secondary N) is 1. The normalized spacial score (nSPS) is 11.8. The van der Waals surface area contributed by atoms with Crippen molar-refractivity contribution < 1.29 is 13.2 Å². The molecule has 5 nitrogen and oxygen atoms in total. The van der Waals surface area contributed by atoms with Crippen molar-refractivity contribution in [3.63, 3.8) is 0 Å². The van der Waals surface area contributed by atoms with Gasteiger partial charge in [0.05, 0.1) is 5.56 Å². The largest absolute Gasteiger partial charge is 0.416 e. The summed E-state index contributed by atoms with van der Waals surface area (Å²) < 4.78 is 39.0. The molecule has 0 amide bonds. The third-order valence-corrected chi connectivity index (χ3v) is 4.70. The third kappa shape index (κ3) is 4.49. The van der Waals surface area contributed by atoms with Gasteiger partial charge in [0.1, 0.15) is 10.2 Å². The molecule has 0 radical (unpaired) electrons. The lowest BCUT2D eigenvalue weighted by Gasteiger charge is -2.08. The number of hydrogen-bond donors (Lipinski definition) is 1. The second kappa shape index (κ2) is 7.45. The highest BCUT2D eigenvalue weighted by atomic mass is 35.5. The number of rotatable bonds is 4. The Labute approximate surface area is 160 Å². The fraction of sp³-hybridized carbons (Fsp3) is 0.200. The van der Waals surface area contributed by atoms with Crippen molar-refractivity contribution >= 4 is 35.1 Å². The molecule has 2 aromatic heterocycles. The molecular formula is C15H11ClF3N5S2. The maximum atomic E-state index is 13.0. The summed E-state index contributed by atoms with van der Waals surface area (Å²) in [6.07, 6.45) is -2.61. The van der Waals surface area contributed by atoms with Crippen LogP contribution in [0, 0.1) is 6.92 Å². The van der Waals surface area contributed by atoms with Crippen LogP contribution in [0.15, 0.2) is 39.6 Å². The van der Waals surface area contributed by atoms with E-state index in [4.69, 9.17) is 11.6 Å². The lowest BCUT2D eigenvalue weighted by molar-refractivity contribution is -0.137.